The second-order valence-corrected chi connectivity index (χ2v) is 9.98. The van der Waals surface area contributed by atoms with Gasteiger partial charge in [0.05, 0.1) is 5.69 Å². The molecular weight excluding hydrogens is 462 g/mol. The second-order valence-electron chi connectivity index (χ2n) is 9.98. The third-order valence-corrected chi connectivity index (χ3v) is 7.70. The van der Waals surface area contributed by atoms with Gasteiger partial charge in [-0.2, -0.15) is 5.10 Å². The standard InChI is InChI=1S/C29H31N7O/c1-3-36-19-25(28(33-36)22-5-4-13-30-16-22)26-12-14-31-27(32-26)15-20-6-8-21(9-7-20)29(37)35-17-23-10-11-24(18-35)34(23)2/h4-9,12-14,16,19,23-24H,3,10-11,15,17-18H2,1-2H3. The van der Waals surface area contributed by atoms with Crippen molar-refractivity contribution in [2.24, 2.45) is 0 Å². The Morgan fingerprint density at radius 2 is 1.81 bits per heavy atom. The number of carbonyl (C=O) groups excluding carboxylic acids is 1. The van der Waals surface area contributed by atoms with Crippen LogP contribution in [0.4, 0.5) is 0 Å². The number of benzene rings is 1. The molecule has 3 aromatic heterocycles. The summed E-state index contributed by atoms with van der Waals surface area (Å²) < 4.78 is 1.92. The molecule has 2 bridgehead atoms. The first kappa shape index (κ1) is 23.5. The zero-order valence-electron chi connectivity index (χ0n) is 21.3. The molecule has 8 nitrogen and oxygen atoms in total. The van der Waals surface area contributed by atoms with Crippen LogP contribution in [0, 0.1) is 0 Å². The lowest BCUT2D eigenvalue weighted by atomic mass is 10.1. The number of carbonyl (C=O) groups is 1. The number of hydrogen-bond acceptors (Lipinski definition) is 6. The van der Waals surface area contributed by atoms with Crippen molar-refractivity contribution >= 4 is 5.91 Å². The first-order valence-electron chi connectivity index (χ1n) is 13.0. The Hall–Kier alpha value is -3.91. The highest BCUT2D eigenvalue weighted by Crippen LogP contribution is 2.30. The van der Waals surface area contributed by atoms with Crippen molar-refractivity contribution < 1.29 is 4.79 Å². The molecule has 2 aliphatic rings. The number of likely N-dealkylation sites (tertiary alicyclic amines) is 1. The normalized spacial score (nSPS) is 19.4. The number of aryl methyl sites for hydroxylation is 1. The number of amides is 1. The van der Waals surface area contributed by atoms with E-state index in [1.807, 2.05) is 64.4 Å². The van der Waals surface area contributed by atoms with Crippen molar-refractivity contribution in [1.82, 2.24) is 34.5 Å². The number of rotatable bonds is 6. The van der Waals surface area contributed by atoms with E-state index in [0.717, 1.165) is 59.1 Å². The first-order chi connectivity index (χ1) is 18.1. The van der Waals surface area contributed by atoms with Gasteiger partial charge in [-0.25, -0.2) is 9.97 Å². The van der Waals surface area contributed by atoms with Gasteiger partial charge in [-0.1, -0.05) is 12.1 Å². The van der Waals surface area contributed by atoms with Crippen LogP contribution in [0.5, 0.6) is 0 Å². The molecule has 2 atom stereocenters. The molecular formula is C29H31N7O. The van der Waals surface area contributed by atoms with E-state index in [0.29, 0.717) is 18.5 Å². The number of pyridine rings is 1. The van der Waals surface area contributed by atoms with Gasteiger partial charge in [0.15, 0.2) is 0 Å². The highest BCUT2D eigenvalue weighted by atomic mass is 16.2. The van der Waals surface area contributed by atoms with Gasteiger partial charge in [0, 0.05) is 79.6 Å². The minimum Gasteiger partial charge on any atom is -0.336 e. The molecule has 2 saturated heterocycles. The van der Waals surface area contributed by atoms with Crippen molar-refractivity contribution in [3.05, 3.63) is 84.2 Å². The van der Waals surface area contributed by atoms with E-state index in [4.69, 9.17) is 10.1 Å². The van der Waals surface area contributed by atoms with Gasteiger partial charge in [-0.15, -0.1) is 0 Å². The average molecular weight is 494 g/mol. The molecule has 2 fully saturated rings. The lowest BCUT2D eigenvalue weighted by Crippen LogP contribution is -2.53. The Balaban J connectivity index is 1.19. The van der Waals surface area contributed by atoms with Crippen molar-refractivity contribution in [3.8, 4) is 22.5 Å². The maximum Gasteiger partial charge on any atom is 0.253 e. The Bertz CT molecular complexity index is 1390. The van der Waals surface area contributed by atoms with Crippen LogP contribution in [0.1, 0.15) is 41.5 Å². The van der Waals surface area contributed by atoms with Crippen LogP contribution in [-0.4, -0.2) is 72.7 Å². The van der Waals surface area contributed by atoms with Gasteiger partial charge >= 0.3 is 0 Å². The summed E-state index contributed by atoms with van der Waals surface area (Å²) in [6.07, 6.45) is 10.4. The van der Waals surface area contributed by atoms with Crippen LogP contribution in [0.2, 0.25) is 0 Å². The predicted octanol–water partition coefficient (Wildman–Crippen LogP) is 3.93. The zero-order valence-corrected chi connectivity index (χ0v) is 21.3. The molecule has 2 unspecified atom stereocenters. The molecule has 0 saturated carbocycles. The average Bonchev–Trinajstić information content (AvgIpc) is 3.45. The summed E-state index contributed by atoms with van der Waals surface area (Å²) >= 11 is 0. The summed E-state index contributed by atoms with van der Waals surface area (Å²) in [5.41, 5.74) is 5.43. The number of nitrogens with zero attached hydrogens (tertiary/aromatic N) is 7. The molecule has 37 heavy (non-hydrogen) atoms. The maximum absolute atomic E-state index is 13.1. The topological polar surface area (TPSA) is 80.0 Å². The molecule has 2 aliphatic heterocycles. The van der Waals surface area contributed by atoms with E-state index in [1.54, 1.807) is 12.4 Å². The summed E-state index contributed by atoms with van der Waals surface area (Å²) in [5.74, 6) is 0.860. The highest BCUT2D eigenvalue weighted by molar-refractivity contribution is 5.94. The molecule has 1 amide bonds. The molecule has 5 heterocycles. The van der Waals surface area contributed by atoms with E-state index in [9.17, 15) is 4.79 Å². The number of hydrogen-bond donors (Lipinski definition) is 0. The molecule has 0 radical (unpaired) electrons. The fourth-order valence-corrected chi connectivity index (χ4v) is 5.53. The largest absolute Gasteiger partial charge is 0.336 e. The quantitative estimate of drug-likeness (QED) is 0.405. The number of aromatic nitrogens is 5. The molecule has 188 valence electrons. The molecule has 0 N–H and O–H groups in total. The zero-order chi connectivity index (χ0) is 25.4. The molecule has 0 aliphatic carbocycles. The summed E-state index contributed by atoms with van der Waals surface area (Å²) in [5, 5.41) is 4.75. The molecule has 6 rings (SSSR count). The van der Waals surface area contributed by atoms with E-state index in [2.05, 4.69) is 28.8 Å². The lowest BCUT2D eigenvalue weighted by molar-refractivity contribution is 0.0524. The molecule has 4 aromatic rings. The first-order valence-corrected chi connectivity index (χ1v) is 13.0. The van der Waals surface area contributed by atoms with Crippen molar-refractivity contribution in [2.75, 3.05) is 20.1 Å². The molecule has 0 spiro atoms. The Labute approximate surface area is 217 Å². The van der Waals surface area contributed by atoms with Crippen LogP contribution in [0.25, 0.3) is 22.5 Å². The third kappa shape index (κ3) is 4.64. The van der Waals surface area contributed by atoms with Gasteiger partial charge in [-0.05, 0) is 62.7 Å². The SMILES string of the molecule is CCn1cc(-c2ccnc(Cc3ccc(C(=O)N4CC5CCC(C4)N5C)cc3)n2)c(-c2cccnc2)n1. The van der Waals surface area contributed by atoms with E-state index >= 15 is 0 Å². The monoisotopic (exact) mass is 493 g/mol. The summed E-state index contributed by atoms with van der Waals surface area (Å²) in [6.45, 7) is 4.48. The van der Waals surface area contributed by atoms with Crippen LogP contribution in [0.15, 0.2) is 67.3 Å². The summed E-state index contributed by atoms with van der Waals surface area (Å²) in [7, 11) is 2.19. The van der Waals surface area contributed by atoms with Gasteiger partial charge in [0.25, 0.3) is 5.91 Å². The summed E-state index contributed by atoms with van der Waals surface area (Å²) in [4.78, 5) is 31.3. The fourth-order valence-electron chi connectivity index (χ4n) is 5.53. The van der Waals surface area contributed by atoms with E-state index < -0.39 is 0 Å². The van der Waals surface area contributed by atoms with Gasteiger partial charge in [0.2, 0.25) is 0 Å². The second kappa shape index (κ2) is 9.86. The van der Waals surface area contributed by atoms with Crippen molar-refractivity contribution in [3.63, 3.8) is 0 Å². The Morgan fingerprint density at radius 1 is 1.03 bits per heavy atom. The summed E-state index contributed by atoms with van der Waals surface area (Å²) in [6, 6.07) is 14.7. The van der Waals surface area contributed by atoms with Crippen LogP contribution >= 0.6 is 0 Å². The van der Waals surface area contributed by atoms with Crippen molar-refractivity contribution in [2.45, 2.75) is 44.8 Å². The smallest absolute Gasteiger partial charge is 0.253 e. The molecule has 1 aromatic carbocycles. The van der Waals surface area contributed by atoms with Gasteiger partial charge in [-0.3, -0.25) is 19.4 Å². The maximum atomic E-state index is 13.1. The Morgan fingerprint density at radius 3 is 2.51 bits per heavy atom. The number of piperazine rings is 1. The van der Waals surface area contributed by atoms with Gasteiger partial charge in [0.1, 0.15) is 11.5 Å². The minimum absolute atomic E-state index is 0.130. The van der Waals surface area contributed by atoms with Gasteiger partial charge < -0.3 is 4.90 Å². The number of fused-ring (bicyclic) bond motifs is 2. The third-order valence-electron chi connectivity index (χ3n) is 7.70. The minimum atomic E-state index is 0.130. The van der Waals surface area contributed by atoms with Crippen LogP contribution in [0.3, 0.4) is 0 Å². The molecule has 8 heteroatoms. The lowest BCUT2D eigenvalue weighted by Gasteiger charge is -2.38. The highest BCUT2D eigenvalue weighted by Gasteiger charge is 2.39. The Kier molecular flexibility index (Phi) is 6.26. The van der Waals surface area contributed by atoms with Crippen molar-refractivity contribution in [1.29, 1.82) is 0 Å². The van der Waals surface area contributed by atoms with E-state index in [1.165, 1.54) is 12.8 Å². The van der Waals surface area contributed by atoms with Crippen LogP contribution < -0.4 is 0 Å². The fraction of sp³-hybridized carbons (Fsp3) is 0.345. The van der Waals surface area contributed by atoms with Crippen LogP contribution in [-0.2, 0) is 13.0 Å². The predicted molar refractivity (Wildman–Crippen MR) is 142 cm³/mol. The van der Waals surface area contributed by atoms with E-state index in [-0.39, 0.29) is 5.91 Å². The number of likely N-dealkylation sites (N-methyl/N-ethyl adjacent to an activating group) is 1.